The lowest BCUT2D eigenvalue weighted by atomic mass is 9.78. The lowest BCUT2D eigenvalue weighted by Gasteiger charge is -2.36. The normalized spacial score (nSPS) is 19.5. The van der Waals surface area contributed by atoms with Crippen molar-refractivity contribution < 1.29 is 14.3 Å². The smallest absolute Gasteiger partial charge is 0.407 e. The van der Waals surface area contributed by atoms with Gasteiger partial charge in [-0.1, -0.05) is 56.3 Å². The largest absolute Gasteiger partial charge is 0.490 e. The molecular formula is C24H31NO3. The Balaban J connectivity index is 1.50. The van der Waals surface area contributed by atoms with Crippen LogP contribution in [0, 0.1) is 0 Å². The second-order valence-electron chi connectivity index (χ2n) is 9.07. The van der Waals surface area contributed by atoms with Crippen molar-refractivity contribution in [1.82, 2.24) is 5.32 Å². The lowest BCUT2D eigenvalue weighted by Crippen LogP contribution is -2.50. The predicted molar refractivity (Wildman–Crippen MR) is 112 cm³/mol. The van der Waals surface area contributed by atoms with Crippen LogP contribution in [-0.2, 0) is 10.2 Å². The zero-order valence-corrected chi connectivity index (χ0v) is 17.5. The van der Waals surface area contributed by atoms with Crippen molar-refractivity contribution in [1.29, 1.82) is 0 Å². The summed E-state index contributed by atoms with van der Waals surface area (Å²) >= 11 is 0. The van der Waals surface area contributed by atoms with Gasteiger partial charge in [0.25, 0.3) is 0 Å². The van der Waals surface area contributed by atoms with Crippen LogP contribution in [0.25, 0.3) is 0 Å². The van der Waals surface area contributed by atoms with E-state index in [0.717, 1.165) is 18.6 Å². The molecule has 0 spiro atoms. The van der Waals surface area contributed by atoms with Crippen molar-refractivity contribution in [2.75, 3.05) is 0 Å². The number of alkyl carbamates (subject to hydrolysis) is 1. The Morgan fingerprint density at radius 1 is 0.893 bits per heavy atom. The Morgan fingerprint density at radius 3 is 2.04 bits per heavy atom. The second kappa shape index (κ2) is 7.86. The number of benzene rings is 2. The van der Waals surface area contributed by atoms with Crippen molar-refractivity contribution in [2.45, 2.75) is 70.6 Å². The number of carbonyl (C=O) groups is 1. The summed E-state index contributed by atoms with van der Waals surface area (Å²) in [5.41, 5.74) is 2.01. The quantitative estimate of drug-likeness (QED) is 0.749. The molecule has 1 N–H and O–H groups in total. The van der Waals surface area contributed by atoms with Gasteiger partial charge in [0.2, 0.25) is 0 Å². The third-order valence-electron chi connectivity index (χ3n) is 5.19. The molecule has 1 amide bonds. The van der Waals surface area contributed by atoms with E-state index in [1.807, 2.05) is 39.0 Å². The van der Waals surface area contributed by atoms with Gasteiger partial charge in [-0.2, -0.15) is 0 Å². The highest BCUT2D eigenvalue weighted by Gasteiger charge is 2.33. The fourth-order valence-electron chi connectivity index (χ4n) is 3.42. The van der Waals surface area contributed by atoms with Crippen molar-refractivity contribution in [3.63, 3.8) is 0 Å². The fraction of sp³-hybridized carbons (Fsp3) is 0.458. The van der Waals surface area contributed by atoms with Gasteiger partial charge in [-0.3, -0.25) is 0 Å². The Kier molecular flexibility index (Phi) is 5.69. The summed E-state index contributed by atoms with van der Waals surface area (Å²) in [5, 5.41) is 2.89. The maximum Gasteiger partial charge on any atom is 0.407 e. The van der Waals surface area contributed by atoms with Gasteiger partial charge in [0, 0.05) is 24.3 Å². The summed E-state index contributed by atoms with van der Waals surface area (Å²) in [7, 11) is 0. The molecule has 4 nitrogen and oxygen atoms in total. The molecule has 4 heteroatoms. The highest BCUT2D eigenvalue weighted by Crippen LogP contribution is 2.33. The molecule has 3 rings (SSSR count). The van der Waals surface area contributed by atoms with Crippen LogP contribution in [0.2, 0.25) is 0 Å². The molecule has 1 aliphatic rings. The third kappa shape index (κ3) is 5.06. The summed E-state index contributed by atoms with van der Waals surface area (Å²) in [6.07, 6.45) is 1.38. The highest BCUT2D eigenvalue weighted by atomic mass is 16.6. The molecular weight excluding hydrogens is 350 g/mol. The van der Waals surface area contributed by atoms with Gasteiger partial charge in [-0.05, 0) is 44.0 Å². The number of nitrogens with one attached hydrogen (secondary N) is 1. The van der Waals surface area contributed by atoms with E-state index in [4.69, 9.17) is 9.47 Å². The van der Waals surface area contributed by atoms with E-state index in [0.29, 0.717) is 0 Å². The minimum Gasteiger partial charge on any atom is -0.490 e. The van der Waals surface area contributed by atoms with E-state index >= 15 is 0 Å². The number of hydrogen-bond donors (Lipinski definition) is 1. The summed E-state index contributed by atoms with van der Waals surface area (Å²) in [6, 6.07) is 19.0. The lowest BCUT2D eigenvalue weighted by molar-refractivity contribution is 0.0363. The summed E-state index contributed by atoms with van der Waals surface area (Å²) in [4.78, 5) is 11.8. The van der Waals surface area contributed by atoms with Crippen molar-refractivity contribution in [2.24, 2.45) is 0 Å². The maximum absolute atomic E-state index is 11.8. The SMILES string of the molecule is CC(C)(C)OC(=O)NC1CC(Oc2ccc(C(C)(C)c3ccccc3)cc2)C1. The van der Waals surface area contributed by atoms with Gasteiger partial charge in [-0.25, -0.2) is 4.79 Å². The van der Waals surface area contributed by atoms with Gasteiger partial charge < -0.3 is 14.8 Å². The van der Waals surface area contributed by atoms with E-state index < -0.39 is 5.60 Å². The standard InChI is InChI=1S/C24H31NO3/c1-23(2,3)28-22(26)25-19-15-21(16-19)27-20-13-11-18(12-14-20)24(4,5)17-9-7-6-8-10-17/h6-14,19,21H,15-16H2,1-5H3,(H,25,26). The number of hydrogen-bond acceptors (Lipinski definition) is 3. The average molecular weight is 382 g/mol. The first-order valence-corrected chi connectivity index (χ1v) is 9.96. The monoisotopic (exact) mass is 381 g/mol. The van der Waals surface area contributed by atoms with Gasteiger partial charge in [0.15, 0.2) is 0 Å². The zero-order valence-electron chi connectivity index (χ0n) is 17.5. The third-order valence-corrected chi connectivity index (χ3v) is 5.19. The molecule has 0 radical (unpaired) electrons. The maximum atomic E-state index is 11.8. The van der Waals surface area contributed by atoms with E-state index in [1.165, 1.54) is 11.1 Å². The Morgan fingerprint density at radius 2 is 1.46 bits per heavy atom. The van der Waals surface area contributed by atoms with Crippen LogP contribution in [0.5, 0.6) is 5.75 Å². The highest BCUT2D eigenvalue weighted by molar-refractivity contribution is 5.68. The van der Waals surface area contributed by atoms with E-state index in [9.17, 15) is 4.79 Å². The Hall–Kier alpha value is -2.49. The minimum atomic E-state index is -0.473. The van der Waals surface area contributed by atoms with E-state index in [2.05, 4.69) is 55.6 Å². The van der Waals surface area contributed by atoms with E-state index in [1.54, 1.807) is 0 Å². The molecule has 1 fully saturated rings. The average Bonchev–Trinajstić information content (AvgIpc) is 2.59. The van der Waals surface area contributed by atoms with Crippen LogP contribution in [0.15, 0.2) is 54.6 Å². The first-order chi connectivity index (χ1) is 13.1. The molecule has 150 valence electrons. The number of ether oxygens (including phenoxy) is 2. The molecule has 2 aromatic carbocycles. The molecule has 0 bridgehead atoms. The molecule has 0 saturated heterocycles. The second-order valence-corrected chi connectivity index (χ2v) is 9.07. The zero-order chi connectivity index (χ0) is 20.4. The summed E-state index contributed by atoms with van der Waals surface area (Å²) in [6.45, 7) is 10.1. The predicted octanol–water partition coefficient (Wildman–Crippen LogP) is 5.45. The molecule has 28 heavy (non-hydrogen) atoms. The number of rotatable bonds is 5. The van der Waals surface area contributed by atoms with Crippen LogP contribution in [0.4, 0.5) is 4.79 Å². The molecule has 0 heterocycles. The van der Waals surface area contributed by atoms with Crippen molar-refractivity contribution >= 4 is 6.09 Å². The van der Waals surface area contributed by atoms with Crippen LogP contribution >= 0.6 is 0 Å². The molecule has 1 aliphatic carbocycles. The molecule has 0 atom stereocenters. The van der Waals surface area contributed by atoms with Crippen LogP contribution < -0.4 is 10.1 Å². The first-order valence-electron chi connectivity index (χ1n) is 9.96. The van der Waals surface area contributed by atoms with Gasteiger partial charge in [-0.15, -0.1) is 0 Å². The Labute approximate surface area is 168 Å². The molecule has 0 aromatic heterocycles. The van der Waals surface area contributed by atoms with Crippen LogP contribution in [0.1, 0.15) is 58.6 Å². The van der Waals surface area contributed by atoms with Crippen LogP contribution in [0.3, 0.4) is 0 Å². The van der Waals surface area contributed by atoms with Gasteiger partial charge in [0.1, 0.15) is 17.5 Å². The molecule has 0 aliphatic heterocycles. The number of amides is 1. The van der Waals surface area contributed by atoms with Crippen molar-refractivity contribution in [3.8, 4) is 5.75 Å². The fourth-order valence-corrected chi connectivity index (χ4v) is 3.42. The summed E-state index contributed by atoms with van der Waals surface area (Å²) in [5.74, 6) is 0.869. The summed E-state index contributed by atoms with van der Waals surface area (Å²) < 4.78 is 11.3. The van der Waals surface area contributed by atoms with Crippen LogP contribution in [-0.4, -0.2) is 23.8 Å². The first kappa shape index (κ1) is 20.2. The van der Waals surface area contributed by atoms with Gasteiger partial charge >= 0.3 is 6.09 Å². The molecule has 1 saturated carbocycles. The van der Waals surface area contributed by atoms with Gasteiger partial charge in [0.05, 0.1) is 0 Å². The molecule has 0 unspecified atom stereocenters. The minimum absolute atomic E-state index is 0.0569. The number of carbonyl (C=O) groups excluding carboxylic acids is 1. The van der Waals surface area contributed by atoms with E-state index in [-0.39, 0.29) is 23.7 Å². The topological polar surface area (TPSA) is 47.6 Å². The Bertz CT molecular complexity index is 785. The molecule has 2 aromatic rings. The van der Waals surface area contributed by atoms with Crippen molar-refractivity contribution in [3.05, 3.63) is 65.7 Å².